The van der Waals surface area contributed by atoms with Crippen molar-refractivity contribution in [3.63, 3.8) is 0 Å². The Bertz CT molecular complexity index is 1400. The van der Waals surface area contributed by atoms with Crippen molar-refractivity contribution in [2.45, 2.75) is 31.8 Å². The quantitative estimate of drug-likeness (QED) is 0.578. The molecule has 4 amide bonds. The van der Waals surface area contributed by atoms with E-state index in [1.54, 1.807) is 18.2 Å². The van der Waals surface area contributed by atoms with Gasteiger partial charge in [-0.15, -0.1) is 0 Å². The predicted octanol–water partition coefficient (Wildman–Crippen LogP) is 2.22. The van der Waals surface area contributed by atoms with Gasteiger partial charge in [-0.1, -0.05) is 12.1 Å². The van der Waals surface area contributed by atoms with Crippen molar-refractivity contribution >= 4 is 29.2 Å². The van der Waals surface area contributed by atoms with Gasteiger partial charge < -0.3 is 14.5 Å². The summed E-state index contributed by atoms with van der Waals surface area (Å²) in [5.41, 5.74) is 5.17. The van der Waals surface area contributed by atoms with E-state index in [0.717, 1.165) is 37.2 Å². The first kappa shape index (κ1) is 26.3. The second-order valence-corrected chi connectivity index (χ2v) is 10.7. The van der Waals surface area contributed by atoms with E-state index < -0.39 is 11.9 Å². The van der Waals surface area contributed by atoms with Gasteiger partial charge in [-0.05, 0) is 65.4 Å². The number of rotatable bonds is 5. The first-order valence-electron chi connectivity index (χ1n) is 13.7. The van der Waals surface area contributed by atoms with Crippen LogP contribution in [0.15, 0.2) is 48.0 Å². The van der Waals surface area contributed by atoms with E-state index in [4.69, 9.17) is 4.74 Å². The van der Waals surface area contributed by atoms with E-state index in [9.17, 15) is 23.6 Å². The highest BCUT2D eigenvalue weighted by molar-refractivity contribution is 6.06. The molecule has 1 unspecified atom stereocenters. The van der Waals surface area contributed by atoms with E-state index >= 15 is 0 Å². The van der Waals surface area contributed by atoms with Crippen molar-refractivity contribution in [2.24, 2.45) is 0 Å². The Morgan fingerprint density at radius 2 is 1.77 bits per heavy atom. The number of imide groups is 1. The predicted molar refractivity (Wildman–Crippen MR) is 144 cm³/mol. The molecule has 2 aromatic carbocycles. The number of piperidine rings is 1. The lowest BCUT2D eigenvalue weighted by Crippen LogP contribution is -2.52. The average Bonchev–Trinajstić information content (AvgIpc) is 3.29. The van der Waals surface area contributed by atoms with Crippen LogP contribution in [0.4, 0.5) is 4.39 Å². The van der Waals surface area contributed by atoms with Gasteiger partial charge in [0.15, 0.2) is 0 Å². The van der Waals surface area contributed by atoms with E-state index in [1.165, 1.54) is 28.2 Å². The number of nitrogens with one attached hydrogen (secondary N) is 1. The first-order chi connectivity index (χ1) is 19.4. The van der Waals surface area contributed by atoms with Crippen molar-refractivity contribution in [1.82, 2.24) is 20.0 Å². The number of ether oxygens (including phenoxy) is 1. The zero-order chi connectivity index (χ0) is 27.8. The molecule has 0 spiro atoms. The van der Waals surface area contributed by atoms with Crippen molar-refractivity contribution in [3.05, 3.63) is 76.1 Å². The van der Waals surface area contributed by atoms with Crippen molar-refractivity contribution in [3.8, 4) is 0 Å². The molecule has 2 fully saturated rings. The number of hydrogen-bond donors (Lipinski definition) is 1. The summed E-state index contributed by atoms with van der Waals surface area (Å²) in [6.45, 7) is 4.78. The molecule has 4 heterocycles. The summed E-state index contributed by atoms with van der Waals surface area (Å²) >= 11 is 0. The van der Waals surface area contributed by atoms with Gasteiger partial charge in [0.2, 0.25) is 11.8 Å². The highest BCUT2D eigenvalue weighted by Crippen LogP contribution is 2.30. The van der Waals surface area contributed by atoms with Crippen LogP contribution in [0.1, 0.15) is 51.1 Å². The van der Waals surface area contributed by atoms with Gasteiger partial charge in [0.1, 0.15) is 11.9 Å². The van der Waals surface area contributed by atoms with Crippen molar-refractivity contribution < 1.29 is 28.3 Å². The van der Waals surface area contributed by atoms with Gasteiger partial charge in [-0.2, -0.15) is 0 Å². The molecule has 6 rings (SSSR count). The highest BCUT2D eigenvalue weighted by Gasteiger charge is 2.39. The number of hydrogen-bond acceptors (Lipinski definition) is 6. The van der Waals surface area contributed by atoms with Crippen LogP contribution in [-0.2, 0) is 20.9 Å². The molecular weight excluding hydrogens is 515 g/mol. The van der Waals surface area contributed by atoms with Gasteiger partial charge in [0.05, 0.1) is 13.2 Å². The maximum absolute atomic E-state index is 13.4. The summed E-state index contributed by atoms with van der Waals surface area (Å²) in [6, 6.07) is 11.0. The average molecular weight is 547 g/mol. The van der Waals surface area contributed by atoms with Crippen molar-refractivity contribution in [1.29, 1.82) is 0 Å². The Morgan fingerprint density at radius 1 is 1.00 bits per heavy atom. The highest BCUT2D eigenvalue weighted by atomic mass is 19.1. The number of amides is 4. The Morgan fingerprint density at radius 3 is 2.52 bits per heavy atom. The van der Waals surface area contributed by atoms with Gasteiger partial charge in [0.25, 0.3) is 11.8 Å². The molecule has 40 heavy (non-hydrogen) atoms. The molecule has 0 aromatic heterocycles. The number of nitrogens with zero attached hydrogens (tertiary/aromatic N) is 3. The molecule has 0 saturated carbocycles. The maximum Gasteiger partial charge on any atom is 0.255 e. The summed E-state index contributed by atoms with van der Waals surface area (Å²) in [5.74, 6) is -1.36. The van der Waals surface area contributed by atoms with Crippen LogP contribution in [0, 0.1) is 5.82 Å². The second-order valence-electron chi connectivity index (χ2n) is 10.7. The van der Waals surface area contributed by atoms with Crippen LogP contribution in [0.5, 0.6) is 0 Å². The fourth-order valence-corrected chi connectivity index (χ4v) is 6.04. The molecule has 1 N–H and O–H groups in total. The van der Waals surface area contributed by atoms with Crippen molar-refractivity contribution in [2.75, 3.05) is 45.9 Å². The Labute approximate surface area is 231 Å². The maximum atomic E-state index is 13.4. The Balaban J connectivity index is 1.08. The summed E-state index contributed by atoms with van der Waals surface area (Å²) in [4.78, 5) is 55.8. The van der Waals surface area contributed by atoms with Gasteiger partial charge in [-0.25, -0.2) is 4.39 Å². The minimum Gasteiger partial charge on any atom is -0.377 e. The molecule has 9 nitrogen and oxygen atoms in total. The molecule has 4 aliphatic rings. The van der Waals surface area contributed by atoms with Gasteiger partial charge >= 0.3 is 0 Å². The number of benzene rings is 2. The Kier molecular flexibility index (Phi) is 7.20. The van der Waals surface area contributed by atoms with E-state index in [0.29, 0.717) is 43.9 Å². The standard InChI is InChI=1S/C30H31FN4O5/c31-23-4-1-19(2-5-23)24-9-14-40-18-22(24)16-33-10-12-34(13-11-33)29(38)20-3-6-25-21(15-20)17-35(30(25)39)26-7-8-27(36)32-28(26)37/h1-6,15,26H,7-14,16-18H2,(H,32,36,37). The zero-order valence-electron chi connectivity index (χ0n) is 22.2. The smallest absolute Gasteiger partial charge is 0.255 e. The molecule has 0 aliphatic carbocycles. The molecular formula is C30H31FN4O5. The minimum atomic E-state index is -0.682. The summed E-state index contributed by atoms with van der Waals surface area (Å²) < 4.78 is 19.2. The van der Waals surface area contributed by atoms with E-state index in [-0.39, 0.29) is 36.5 Å². The van der Waals surface area contributed by atoms with E-state index in [1.807, 2.05) is 17.0 Å². The van der Waals surface area contributed by atoms with Gasteiger partial charge in [0, 0.05) is 56.8 Å². The normalized spacial score (nSPS) is 22.0. The molecule has 208 valence electrons. The summed E-state index contributed by atoms with van der Waals surface area (Å²) in [5, 5.41) is 2.31. The zero-order valence-corrected chi connectivity index (χ0v) is 22.2. The first-order valence-corrected chi connectivity index (χ1v) is 13.7. The lowest BCUT2D eigenvalue weighted by Gasteiger charge is -2.36. The van der Waals surface area contributed by atoms with Gasteiger partial charge in [-0.3, -0.25) is 29.4 Å². The lowest BCUT2D eigenvalue weighted by molar-refractivity contribution is -0.136. The molecule has 0 bridgehead atoms. The third kappa shape index (κ3) is 5.16. The van der Waals surface area contributed by atoms with Crippen LogP contribution >= 0.6 is 0 Å². The molecule has 10 heteroatoms. The molecule has 4 aliphatic heterocycles. The van der Waals surface area contributed by atoms with Crippen LogP contribution < -0.4 is 5.32 Å². The summed E-state index contributed by atoms with van der Waals surface area (Å²) in [7, 11) is 0. The number of fused-ring (bicyclic) bond motifs is 1. The number of carbonyl (C=O) groups is 4. The Hall–Kier alpha value is -3.89. The van der Waals surface area contributed by atoms with Crippen LogP contribution in [0.2, 0.25) is 0 Å². The second kappa shape index (κ2) is 10.9. The minimum absolute atomic E-state index is 0.0819. The van der Waals surface area contributed by atoms with Crippen LogP contribution in [0.25, 0.3) is 5.57 Å². The molecule has 0 radical (unpaired) electrons. The monoisotopic (exact) mass is 546 g/mol. The van der Waals surface area contributed by atoms with E-state index in [2.05, 4.69) is 10.2 Å². The molecule has 2 saturated heterocycles. The fraction of sp³-hybridized carbons (Fsp3) is 0.400. The SMILES string of the molecule is O=C1CCC(N2Cc3cc(C(=O)N4CCN(CC5=C(c6ccc(F)cc6)CCOC5)CC4)ccc3C2=O)C(=O)N1. The van der Waals surface area contributed by atoms with Crippen LogP contribution in [-0.4, -0.2) is 90.3 Å². The third-order valence-corrected chi connectivity index (χ3v) is 8.24. The molecule has 1 atom stereocenters. The number of carbonyl (C=O) groups excluding carboxylic acids is 4. The lowest BCUT2D eigenvalue weighted by atomic mass is 9.95. The molecule has 2 aromatic rings. The fourth-order valence-electron chi connectivity index (χ4n) is 6.04. The largest absolute Gasteiger partial charge is 0.377 e. The number of piperazine rings is 1. The number of halogens is 1. The van der Waals surface area contributed by atoms with Crippen LogP contribution in [0.3, 0.4) is 0 Å². The summed E-state index contributed by atoms with van der Waals surface area (Å²) in [6.07, 6.45) is 1.29. The topological polar surface area (TPSA) is 99.3 Å². The third-order valence-electron chi connectivity index (χ3n) is 8.24.